The van der Waals surface area contributed by atoms with Gasteiger partial charge in [-0.25, -0.2) is 0 Å². The molecule has 0 heterocycles. The Labute approximate surface area is 124 Å². The predicted molar refractivity (Wildman–Crippen MR) is 82.4 cm³/mol. The summed E-state index contributed by atoms with van der Waals surface area (Å²) in [6.45, 7) is 1.51. The van der Waals surface area contributed by atoms with E-state index in [1.165, 1.54) is 25.7 Å². The summed E-state index contributed by atoms with van der Waals surface area (Å²) in [4.78, 5) is 12.9. The largest absolute Gasteiger partial charge is 0.395 e. The van der Waals surface area contributed by atoms with E-state index in [0.717, 1.165) is 12.1 Å². The third-order valence-corrected chi connectivity index (χ3v) is 4.14. The van der Waals surface area contributed by atoms with Gasteiger partial charge in [0.05, 0.1) is 11.5 Å². The van der Waals surface area contributed by atoms with E-state index >= 15 is 0 Å². The second-order valence-electron chi connectivity index (χ2n) is 5.49. The van der Waals surface area contributed by atoms with Crippen LogP contribution >= 0.6 is 0 Å². The maximum Gasteiger partial charge on any atom is 0.292 e. The van der Waals surface area contributed by atoms with Gasteiger partial charge in [0, 0.05) is 32.2 Å². The Bertz CT molecular complexity index is 487. The second-order valence-corrected chi connectivity index (χ2v) is 5.49. The van der Waals surface area contributed by atoms with Crippen molar-refractivity contribution in [2.45, 2.75) is 38.3 Å². The normalized spacial score (nSPS) is 15.6. The molecule has 0 amide bonds. The molecule has 6 nitrogen and oxygen atoms in total. The Morgan fingerprint density at radius 1 is 1.43 bits per heavy atom. The average molecular weight is 293 g/mol. The number of nitro benzene ring substituents is 1. The van der Waals surface area contributed by atoms with Crippen LogP contribution in [-0.2, 0) is 6.54 Å². The van der Waals surface area contributed by atoms with Crippen LogP contribution in [-0.4, -0.2) is 41.2 Å². The van der Waals surface area contributed by atoms with E-state index in [9.17, 15) is 15.2 Å². The van der Waals surface area contributed by atoms with Gasteiger partial charge in [-0.3, -0.25) is 15.0 Å². The van der Waals surface area contributed by atoms with Gasteiger partial charge in [0.25, 0.3) is 5.69 Å². The Balaban J connectivity index is 2.14. The number of hydrogen-bond acceptors (Lipinski definition) is 5. The lowest BCUT2D eigenvalue weighted by Gasteiger charge is -2.28. The highest BCUT2D eigenvalue weighted by molar-refractivity contribution is 5.62. The van der Waals surface area contributed by atoms with Crippen molar-refractivity contribution in [3.05, 3.63) is 33.9 Å². The fourth-order valence-corrected chi connectivity index (χ4v) is 3.06. The Hall–Kier alpha value is -1.66. The smallest absolute Gasteiger partial charge is 0.292 e. The fourth-order valence-electron chi connectivity index (χ4n) is 3.06. The Morgan fingerprint density at radius 3 is 2.71 bits per heavy atom. The van der Waals surface area contributed by atoms with E-state index in [0.29, 0.717) is 18.3 Å². The van der Waals surface area contributed by atoms with Gasteiger partial charge in [0.15, 0.2) is 0 Å². The van der Waals surface area contributed by atoms with Crippen molar-refractivity contribution in [1.29, 1.82) is 0 Å². The van der Waals surface area contributed by atoms with Crippen LogP contribution in [0.15, 0.2) is 18.2 Å². The maximum absolute atomic E-state index is 10.9. The first kappa shape index (κ1) is 15.7. The SMILES string of the molecule is CNc1cc(CN(CCO)C2CCCC2)ccc1[N+](=O)[O-]. The lowest BCUT2D eigenvalue weighted by Crippen LogP contribution is -2.35. The summed E-state index contributed by atoms with van der Waals surface area (Å²) >= 11 is 0. The molecule has 0 unspecified atom stereocenters. The van der Waals surface area contributed by atoms with Gasteiger partial charge in [0.2, 0.25) is 0 Å². The standard InChI is InChI=1S/C15H23N3O3/c1-16-14-10-12(6-7-15(14)18(20)21)11-17(8-9-19)13-4-2-3-5-13/h6-7,10,13,16,19H,2-5,8-9,11H2,1H3. The molecule has 1 saturated carbocycles. The summed E-state index contributed by atoms with van der Waals surface area (Å²) in [5.41, 5.74) is 1.66. The number of benzene rings is 1. The van der Waals surface area contributed by atoms with Gasteiger partial charge < -0.3 is 10.4 Å². The minimum atomic E-state index is -0.377. The average Bonchev–Trinajstić information content (AvgIpc) is 3.00. The fraction of sp³-hybridized carbons (Fsp3) is 0.600. The van der Waals surface area contributed by atoms with Gasteiger partial charge >= 0.3 is 0 Å². The first-order valence-corrected chi connectivity index (χ1v) is 7.45. The molecule has 0 atom stereocenters. The van der Waals surface area contributed by atoms with E-state index in [4.69, 9.17) is 0 Å². The van der Waals surface area contributed by atoms with Crippen LogP contribution in [0.4, 0.5) is 11.4 Å². The van der Waals surface area contributed by atoms with Crippen LogP contribution in [0.2, 0.25) is 0 Å². The number of aliphatic hydroxyl groups is 1. The summed E-state index contributed by atoms with van der Waals surface area (Å²) in [6, 6.07) is 5.70. The molecule has 1 aliphatic rings. The minimum absolute atomic E-state index is 0.0934. The highest BCUT2D eigenvalue weighted by Gasteiger charge is 2.23. The first-order chi connectivity index (χ1) is 10.2. The van der Waals surface area contributed by atoms with E-state index < -0.39 is 0 Å². The maximum atomic E-state index is 10.9. The lowest BCUT2D eigenvalue weighted by molar-refractivity contribution is -0.384. The van der Waals surface area contributed by atoms with Crippen LogP contribution in [0.5, 0.6) is 0 Å². The summed E-state index contributed by atoms with van der Waals surface area (Å²) in [5, 5.41) is 23.1. The van der Waals surface area contributed by atoms with Crippen molar-refractivity contribution in [3.63, 3.8) is 0 Å². The van der Waals surface area contributed by atoms with Crippen molar-refractivity contribution in [1.82, 2.24) is 4.90 Å². The molecule has 21 heavy (non-hydrogen) atoms. The number of aliphatic hydroxyl groups excluding tert-OH is 1. The molecule has 0 spiro atoms. The van der Waals surface area contributed by atoms with Gasteiger partial charge in [-0.05, 0) is 24.5 Å². The van der Waals surface area contributed by atoms with Crippen LogP contribution in [0.1, 0.15) is 31.2 Å². The minimum Gasteiger partial charge on any atom is -0.395 e. The molecule has 0 saturated heterocycles. The van der Waals surface area contributed by atoms with E-state index in [2.05, 4.69) is 10.2 Å². The molecule has 0 aliphatic heterocycles. The molecule has 2 N–H and O–H groups in total. The van der Waals surface area contributed by atoms with Crippen LogP contribution in [0.3, 0.4) is 0 Å². The molecule has 0 bridgehead atoms. The third-order valence-electron chi connectivity index (χ3n) is 4.14. The number of rotatable bonds is 7. The topological polar surface area (TPSA) is 78.6 Å². The molecule has 1 aromatic rings. The zero-order valence-electron chi connectivity index (χ0n) is 12.4. The highest BCUT2D eigenvalue weighted by Crippen LogP contribution is 2.28. The van der Waals surface area contributed by atoms with Crippen molar-refractivity contribution in [2.75, 3.05) is 25.5 Å². The van der Waals surface area contributed by atoms with Crippen LogP contribution < -0.4 is 5.32 Å². The number of hydrogen-bond donors (Lipinski definition) is 2. The number of nitro groups is 1. The van der Waals surface area contributed by atoms with E-state index in [1.807, 2.05) is 6.07 Å². The van der Waals surface area contributed by atoms with Crippen molar-refractivity contribution in [2.24, 2.45) is 0 Å². The summed E-state index contributed by atoms with van der Waals surface area (Å²) in [5.74, 6) is 0. The number of anilines is 1. The van der Waals surface area contributed by atoms with Crippen molar-refractivity contribution in [3.8, 4) is 0 Å². The van der Waals surface area contributed by atoms with Gasteiger partial charge in [-0.15, -0.1) is 0 Å². The zero-order valence-corrected chi connectivity index (χ0v) is 12.4. The predicted octanol–water partition coefficient (Wildman–Crippen LogP) is 2.37. The van der Waals surface area contributed by atoms with Gasteiger partial charge in [0.1, 0.15) is 5.69 Å². The van der Waals surface area contributed by atoms with Crippen LogP contribution in [0, 0.1) is 10.1 Å². The summed E-state index contributed by atoms with van der Waals surface area (Å²) in [7, 11) is 1.69. The monoisotopic (exact) mass is 293 g/mol. The van der Waals surface area contributed by atoms with Gasteiger partial charge in [-0.2, -0.15) is 0 Å². The number of nitrogens with zero attached hydrogens (tertiary/aromatic N) is 2. The molecule has 1 aromatic carbocycles. The Kier molecular flexibility index (Phi) is 5.52. The molecule has 6 heteroatoms. The van der Waals surface area contributed by atoms with Crippen LogP contribution in [0.25, 0.3) is 0 Å². The zero-order chi connectivity index (χ0) is 15.2. The van der Waals surface area contributed by atoms with Crippen molar-refractivity contribution < 1.29 is 10.0 Å². The van der Waals surface area contributed by atoms with E-state index in [-0.39, 0.29) is 17.2 Å². The molecule has 1 aliphatic carbocycles. The molecular formula is C15H23N3O3. The molecule has 0 aromatic heterocycles. The molecular weight excluding hydrogens is 270 g/mol. The Morgan fingerprint density at radius 2 is 2.14 bits per heavy atom. The highest BCUT2D eigenvalue weighted by atomic mass is 16.6. The number of nitrogens with one attached hydrogen (secondary N) is 1. The first-order valence-electron chi connectivity index (χ1n) is 7.45. The molecule has 1 fully saturated rings. The second kappa shape index (κ2) is 7.38. The van der Waals surface area contributed by atoms with Crippen molar-refractivity contribution >= 4 is 11.4 Å². The summed E-state index contributed by atoms with van der Waals surface area (Å²) < 4.78 is 0. The van der Waals surface area contributed by atoms with Gasteiger partial charge in [-0.1, -0.05) is 18.9 Å². The third kappa shape index (κ3) is 3.92. The molecule has 2 rings (SSSR count). The quantitative estimate of drug-likeness (QED) is 0.596. The van der Waals surface area contributed by atoms with E-state index in [1.54, 1.807) is 19.2 Å². The molecule has 116 valence electrons. The summed E-state index contributed by atoms with van der Waals surface area (Å²) in [6.07, 6.45) is 4.83. The lowest BCUT2D eigenvalue weighted by atomic mass is 10.1. The molecule has 0 radical (unpaired) electrons.